The van der Waals surface area contributed by atoms with E-state index in [4.69, 9.17) is 5.73 Å². The van der Waals surface area contributed by atoms with Gasteiger partial charge in [0.1, 0.15) is 0 Å². The van der Waals surface area contributed by atoms with Crippen LogP contribution in [0.5, 0.6) is 0 Å². The van der Waals surface area contributed by atoms with Crippen LogP contribution in [0.1, 0.15) is 5.56 Å². The van der Waals surface area contributed by atoms with Gasteiger partial charge in [0.2, 0.25) is 0 Å². The van der Waals surface area contributed by atoms with E-state index in [1.807, 2.05) is 25.1 Å². The van der Waals surface area contributed by atoms with Gasteiger partial charge in [0.05, 0.1) is 0 Å². The average Bonchev–Trinajstić information content (AvgIpc) is 2.16. The maximum Gasteiger partial charge on any atom is 0.255 e. The summed E-state index contributed by atoms with van der Waals surface area (Å²) in [5.41, 5.74) is 6.15. The number of hydrogen-bond acceptors (Lipinski definition) is 3. The lowest BCUT2D eigenvalue weighted by molar-refractivity contribution is 0.380. The molecule has 0 aliphatic heterocycles. The molecule has 0 radical (unpaired) electrons. The van der Waals surface area contributed by atoms with Crippen molar-refractivity contribution < 1.29 is 0 Å². The van der Waals surface area contributed by atoms with Gasteiger partial charge in [-0.2, -0.15) is 0 Å². The Balaban J connectivity index is 2.82. The Hall–Kier alpha value is -1.13. The lowest BCUT2D eigenvalue weighted by Gasteiger charge is -2.11. The molecule has 14 heavy (non-hydrogen) atoms. The third-order valence-electron chi connectivity index (χ3n) is 2.11. The summed E-state index contributed by atoms with van der Waals surface area (Å²) < 4.78 is 1.70. The molecular formula is C10H17N3O. The first-order valence-electron chi connectivity index (χ1n) is 4.68. The van der Waals surface area contributed by atoms with Crippen LogP contribution < -0.4 is 11.3 Å². The molecule has 0 unspecified atom stereocenters. The van der Waals surface area contributed by atoms with E-state index in [0.29, 0.717) is 18.7 Å². The fourth-order valence-electron chi connectivity index (χ4n) is 1.23. The maximum absolute atomic E-state index is 11.7. The number of pyridine rings is 1. The van der Waals surface area contributed by atoms with Crippen LogP contribution in [-0.4, -0.2) is 30.1 Å². The van der Waals surface area contributed by atoms with E-state index in [2.05, 4.69) is 0 Å². The number of hydrogen-bond donors (Lipinski definition) is 1. The van der Waals surface area contributed by atoms with Crippen molar-refractivity contribution >= 4 is 0 Å². The summed E-state index contributed by atoms with van der Waals surface area (Å²) >= 11 is 0. The summed E-state index contributed by atoms with van der Waals surface area (Å²) in [6, 6.07) is 3.63. The third kappa shape index (κ3) is 2.68. The molecule has 0 aliphatic carbocycles. The minimum absolute atomic E-state index is 0.0249. The van der Waals surface area contributed by atoms with E-state index >= 15 is 0 Å². The highest BCUT2D eigenvalue weighted by Gasteiger charge is 2.00. The quantitative estimate of drug-likeness (QED) is 0.728. The van der Waals surface area contributed by atoms with E-state index in [-0.39, 0.29) is 5.56 Å². The molecule has 0 saturated carbocycles. The highest BCUT2D eigenvalue weighted by molar-refractivity contribution is 5.09. The summed E-state index contributed by atoms with van der Waals surface area (Å²) in [7, 11) is 3.97. The molecule has 2 N–H and O–H groups in total. The summed E-state index contributed by atoms with van der Waals surface area (Å²) in [5, 5.41) is 0. The van der Waals surface area contributed by atoms with Crippen LogP contribution >= 0.6 is 0 Å². The minimum Gasteiger partial charge on any atom is -0.326 e. The molecular weight excluding hydrogens is 178 g/mol. The first-order chi connectivity index (χ1) is 6.65. The van der Waals surface area contributed by atoms with Gasteiger partial charge in [0.15, 0.2) is 0 Å². The Bertz CT molecular complexity index is 343. The number of likely N-dealkylation sites (N-methyl/N-ethyl adjacent to an activating group) is 1. The van der Waals surface area contributed by atoms with Crippen molar-refractivity contribution in [3.05, 3.63) is 34.2 Å². The van der Waals surface area contributed by atoms with Gasteiger partial charge in [-0.25, -0.2) is 0 Å². The second-order valence-electron chi connectivity index (χ2n) is 3.54. The Kier molecular flexibility index (Phi) is 3.85. The van der Waals surface area contributed by atoms with E-state index in [1.165, 1.54) is 0 Å². The van der Waals surface area contributed by atoms with E-state index in [0.717, 1.165) is 6.54 Å². The number of nitrogens with zero attached hydrogens (tertiary/aromatic N) is 2. The van der Waals surface area contributed by atoms with Gasteiger partial charge in [-0.15, -0.1) is 0 Å². The monoisotopic (exact) mass is 195 g/mol. The number of nitrogens with two attached hydrogens (primary N) is 1. The van der Waals surface area contributed by atoms with Crippen LogP contribution in [0, 0.1) is 0 Å². The van der Waals surface area contributed by atoms with Crippen molar-refractivity contribution in [2.45, 2.75) is 13.1 Å². The molecule has 0 aliphatic rings. The molecule has 1 rings (SSSR count). The van der Waals surface area contributed by atoms with Crippen molar-refractivity contribution in [1.29, 1.82) is 0 Å². The van der Waals surface area contributed by atoms with Gasteiger partial charge in [-0.05, 0) is 20.2 Å². The molecule has 0 amide bonds. The molecule has 4 nitrogen and oxygen atoms in total. The fraction of sp³-hybridized carbons (Fsp3) is 0.500. The van der Waals surface area contributed by atoms with Gasteiger partial charge in [-0.1, -0.05) is 6.07 Å². The summed E-state index contributed by atoms with van der Waals surface area (Å²) in [6.45, 7) is 1.87. The van der Waals surface area contributed by atoms with Gasteiger partial charge >= 0.3 is 0 Å². The zero-order chi connectivity index (χ0) is 10.6. The fourth-order valence-corrected chi connectivity index (χ4v) is 1.23. The average molecular weight is 195 g/mol. The summed E-state index contributed by atoms with van der Waals surface area (Å²) in [5.74, 6) is 0. The van der Waals surface area contributed by atoms with Crippen molar-refractivity contribution in [3.63, 3.8) is 0 Å². The normalized spacial score (nSPS) is 10.9. The van der Waals surface area contributed by atoms with Gasteiger partial charge in [-0.3, -0.25) is 4.79 Å². The Morgan fingerprint density at radius 2 is 2.21 bits per heavy atom. The van der Waals surface area contributed by atoms with Crippen LogP contribution in [0.3, 0.4) is 0 Å². The molecule has 0 spiro atoms. The highest BCUT2D eigenvalue weighted by Crippen LogP contribution is 1.90. The molecule has 1 aromatic heterocycles. The Morgan fingerprint density at radius 1 is 1.50 bits per heavy atom. The largest absolute Gasteiger partial charge is 0.326 e. The van der Waals surface area contributed by atoms with Crippen LogP contribution in [0.25, 0.3) is 0 Å². The van der Waals surface area contributed by atoms with Crippen LogP contribution in [-0.2, 0) is 13.1 Å². The Morgan fingerprint density at radius 3 is 2.79 bits per heavy atom. The molecule has 0 aromatic carbocycles. The number of aromatic nitrogens is 1. The van der Waals surface area contributed by atoms with Crippen molar-refractivity contribution in [1.82, 2.24) is 9.47 Å². The van der Waals surface area contributed by atoms with Crippen LogP contribution in [0.4, 0.5) is 0 Å². The standard InChI is InChI=1S/C10H17N3O/c1-12(2)6-7-13-5-3-4-9(8-11)10(13)14/h3-5H,6-8,11H2,1-2H3. The molecule has 0 saturated heterocycles. The second-order valence-corrected chi connectivity index (χ2v) is 3.54. The lowest BCUT2D eigenvalue weighted by atomic mass is 10.3. The smallest absolute Gasteiger partial charge is 0.255 e. The predicted molar refractivity (Wildman–Crippen MR) is 57.1 cm³/mol. The second kappa shape index (κ2) is 4.93. The lowest BCUT2D eigenvalue weighted by Crippen LogP contribution is -2.28. The first kappa shape index (κ1) is 10.9. The molecule has 1 aromatic rings. The SMILES string of the molecule is CN(C)CCn1cccc(CN)c1=O. The highest BCUT2D eigenvalue weighted by atomic mass is 16.1. The topological polar surface area (TPSA) is 51.3 Å². The van der Waals surface area contributed by atoms with Gasteiger partial charge in [0.25, 0.3) is 5.56 Å². The van der Waals surface area contributed by atoms with Crippen molar-refractivity contribution in [2.75, 3.05) is 20.6 Å². The summed E-state index contributed by atoms with van der Waals surface area (Å²) in [4.78, 5) is 13.7. The van der Waals surface area contributed by atoms with Gasteiger partial charge in [0, 0.05) is 31.4 Å². The molecule has 0 fully saturated rings. The Labute approximate surface area is 83.9 Å². The summed E-state index contributed by atoms with van der Waals surface area (Å²) in [6.07, 6.45) is 1.80. The maximum atomic E-state index is 11.7. The van der Waals surface area contributed by atoms with E-state index < -0.39 is 0 Å². The van der Waals surface area contributed by atoms with Crippen LogP contribution in [0.2, 0.25) is 0 Å². The van der Waals surface area contributed by atoms with Gasteiger partial charge < -0.3 is 15.2 Å². The zero-order valence-corrected chi connectivity index (χ0v) is 8.73. The van der Waals surface area contributed by atoms with Crippen molar-refractivity contribution in [3.8, 4) is 0 Å². The van der Waals surface area contributed by atoms with Crippen molar-refractivity contribution in [2.24, 2.45) is 5.73 Å². The molecule has 4 heteroatoms. The number of rotatable bonds is 4. The minimum atomic E-state index is 0.0249. The van der Waals surface area contributed by atoms with E-state index in [9.17, 15) is 4.79 Å². The molecule has 1 heterocycles. The third-order valence-corrected chi connectivity index (χ3v) is 2.11. The molecule has 78 valence electrons. The molecule has 0 bridgehead atoms. The molecule has 0 atom stereocenters. The van der Waals surface area contributed by atoms with Crippen LogP contribution in [0.15, 0.2) is 23.1 Å². The van der Waals surface area contributed by atoms with E-state index in [1.54, 1.807) is 16.8 Å². The zero-order valence-electron chi connectivity index (χ0n) is 8.73. The predicted octanol–water partition coefficient (Wildman–Crippen LogP) is -0.131. The first-order valence-corrected chi connectivity index (χ1v) is 4.68.